The van der Waals surface area contributed by atoms with Gasteiger partial charge >= 0.3 is 0 Å². The molecule has 6 nitrogen and oxygen atoms in total. The zero-order chi connectivity index (χ0) is 16.5. The molecule has 0 unspecified atom stereocenters. The topological polar surface area (TPSA) is 73.0 Å². The van der Waals surface area contributed by atoms with E-state index < -0.39 is 0 Å². The molecule has 2 heterocycles. The van der Waals surface area contributed by atoms with E-state index in [1.807, 2.05) is 12.3 Å². The molecule has 3 aromatic rings. The lowest BCUT2D eigenvalue weighted by molar-refractivity contribution is 0.101. The van der Waals surface area contributed by atoms with Crippen molar-refractivity contribution in [2.45, 2.75) is 25.3 Å². The molecular formula is C17H15ClN4O2. The summed E-state index contributed by atoms with van der Waals surface area (Å²) in [5.74, 6) is 1.50. The van der Waals surface area contributed by atoms with Gasteiger partial charge in [0.2, 0.25) is 5.89 Å². The second kappa shape index (κ2) is 6.13. The van der Waals surface area contributed by atoms with Crippen molar-refractivity contribution in [2.75, 3.05) is 5.32 Å². The molecule has 0 spiro atoms. The first-order chi connectivity index (χ1) is 11.7. The van der Waals surface area contributed by atoms with Crippen molar-refractivity contribution in [1.82, 2.24) is 14.7 Å². The highest BCUT2D eigenvalue weighted by Gasteiger charge is 2.29. The van der Waals surface area contributed by atoms with Crippen LogP contribution in [0.5, 0.6) is 0 Å². The third-order valence-corrected chi connectivity index (χ3v) is 4.14. The maximum Gasteiger partial charge on any atom is 0.272 e. The van der Waals surface area contributed by atoms with Gasteiger partial charge in [0.25, 0.3) is 5.91 Å². The van der Waals surface area contributed by atoms with Crippen molar-refractivity contribution < 1.29 is 9.32 Å². The molecule has 0 saturated heterocycles. The molecule has 0 aliphatic heterocycles. The Morgan fingerprint density at radius 3 is 2.83 bits per heavy atom. The third-order valence-electron chi connectivity index (χ3n) is 3.89. The highest BCUT2D eigenvalue weighted by molar-refractivity contribution is 6.30. The van der Waals surface area contributed by atoms with E-state index in [4.69, 9.17) is 16.1 Å². The maximum atomic E-state index is 12.5. The van der Waals surface area contributed by atoms with E-state index in [9.17, 15) is 4.79 Å². The number of carbonyl (C=O) groups is 1. The summed E-state index contributed by atoms with van der Waals surface area (Å²) in [5, 5.41) is 7.47. The number of benzene rings is 1. The fourth-order valence-electron chi connectivity index (χ4n) is 2.47. The molecule has 1 amide bonds. The summed E-state index contributed by atoms with van der Waals surface area (Å²) in [5.41, 5.74) is 1.22. The van der Waals surface area contributed by atoms with E-state index in [2.05, 4.69) is 15.5 Å². The number of halogens is 1. The largest absolute Gasteiger partial charge is 0.339 e. The second-order valence-electron chi connectivity index (χ2n) is 5.81. The normalized spacial score (nSPS) is 13.9. The summed E-state index contributed by atoms with van der Waals surface area (Å²) < 4.78 is 7.06. The number of nitrogens with zero attached hydrogens (tertiary/aromatic N) is 3. The molecule has 2 aromatic heterocycles. The summed E-state index contributed by atoms with van der Waals surface area (Å²) >= 11 is 5.85. The lowest BCUT2D eigenvalue weighted by atomic mass is 10.3. The third kappa shape index (κ3) is 3.19. The first-order valence-electron chi connectivity index (χ1n) is 7.73. The van der Waals surface area contributed by atoms with E-state index in [1.54, 1.807) is 34.9 Å². The van der Waals surface area contributed by atoms with Gasteiger partial charge in [0.15, 0.2) is 5.82 Å². The Morgan fingerprint density at radius 1 is 1.29 bits per heavy atom. The fourth-order valence-corrected chi connectivity index (χ4v) is 2.59. The van der Waals surface area contributed by atoms with Crippen LogP contribution in [0.15, 0.2) is 47.1 Å². The molecule has 1 saturated carbocycles. The molecule has 24 heavy (non-hydrogen) atoms. The standard InChI is InChI=1S/C17H15ClN4O2/c18-12-5-7-13(8-6-12)19-16(23)14-2-1-9-22(14)10-15-20-17(24-21-15)11-3-4-11/h1-2,5-9,11H,3-4,10H2,(H,19,23). The highest BCUT2D eigenvalue weighted by atomic mass is 35.5. The Labute approximate surface area is 143 Å². The number of carbonyl (C=O) groups excluding carboxylic acids is 1. The molecule has 122 valence electrons. The van der Waals surface area contributed by atoms with Crippen LogP contribution in [0.3, 0.4) is 0 Å². The predicted octanol–water partition coefficient (Wildman–Crippen LogP) is 3.70. The van der Waals surface area contributed by atoms with Gasteiger partial charge in [-0.05, 0) is 49.2 Å². The van der Waals surface area contributed by atoms with Gasteiger partial charge in [-0.25, -0.2) is 0 Å². The van der Waals surface area contributed by atoms with Crippen LogP contribution >= 0.6 is 11.6 Å². The zero-order valence-electron chi connectivity index (χ0n) is 12.8. The van der Waals surface area contributed by atoms with Crippen LogP contribution in [0, 0.1) is 0 Å². The van der Waals surface area contributed by atoms with Gasteiger partial charge < -0.3 is 14.4 Å². The van der Waals surface area contributed by atoms with Crippen LogP contribution in [0.25, 0.3) is 0 Å². The van der Waals surface area contributed by atoms with Crippen molar-refractivity contribution >= 4 is 23.2 Å². The molecule has 4 rings (SSSR count). The van der Waals surface area contributed by atoms with E-state index in [1.165, 1.54) is 0 Å². The molecule has 1 N–H and O–H groups in total. The predicted molar refractivity (Wildman–Crippen MR) is 89.2 cm³/mol. The van der Waals surface area contributed by atoms with E-state index in [-0.39, 0.29) is 5.91 Å². The lowest BCUT2D eigenvalue weighted by Gasteiger charge is -2.08. The van der Waals surface area contributed by atoms with Crippen molar-refractivity contribution in [1.29, 1.82) is 0 Å². The highest BCUT2D eigenvalue weighted by Crippen LogP contribution is 2.38. The van der Waals surface area contributed by atoms with Crippen LogP contribution in [-0.4, -0.2) is 20.6 Å². The lowest BCUT2D eigenvalue weighted by Crippen LogP contribution is -2.17. The number of nitrogens with one attached hydrogen (secondary N) is 1. The van der Waals surface area contributed by atoms with Gasteiger partial charge in [0.1, 0.15) is 5.69 Å². The van der Waals surface area contributed by atoms with Crippen LogP contribution in [0.1, 0.15) is 41.0 Å². The Bertz CT molecular complexity index is 865. The summed E-state index contributed by atoms with van der Waals surface area (Å²) in [4.78, 5) is 16.9. The van der Waals surface area contributed by atoms with Gasteiger partial charge in [-0.1, -0.05) is 16.8 Å². The van der Waals surface area contributed by atoms with Gasteiger partial charge in [-0.2, -0.15) is 4.98 Å². The summed E-state index contributed by atoms with van der Waals surface area (Å²) in [6, 6.07) is 10.6. The van der Waals surface area contributed by atoms with E-state index in [0.29, 0.717) is 40.6 Å². The first kappa shape index (κ1) is 15.0. The van der Waals surface area contributed by atoms with Crippen molar-refractivity contribution in [2.24, 2.45) is 0 Å². The Balaban J connectivity index is 1.48. The molecule has 1 fully saturated rings. The Kier molecular flexibility index (Phi) is 3.82. The Hall–Kier alpha value is -2.60. The van der Waals surface area contributed by atoms with Crippen molar-refractivity contribution in [3.63, 3.8) is 0 Å². The average molecular weight is 343 g/mol. The summed E-state index contributed by atoms with van der Waals surface area (Å²) in [6.45, 7) is 0.395. The number of hydrogen-bond donors (Lipinski definition) is 1. The molecular weight excluding hydrogens is 328 g/mol. The molecule has 1 aromatic carbocycles. The minimum Gasteiger partial charge on any atom is -0.339 e. The van der Waals surface area contributed by atoms with Gasteiger partial charge in [0, 0.05) is 22.8 Å². The van der Waals surface area contributed by atoms with Crippen LogP contribution < -0.4 is 5.32 Å². The number of hydrogen-bond acceptors (Lipinski definition) is 4. The fraction of sp³-hybridized carbons (Fsp3) is 0.235. The van der Waals surface area contributed by atoms with Crippen LogP contribution in [-0.2, 0) is 6.54 Å². The number of aromatic nitrogens is 3. The van der Waals surface area contributed by atoms with E-state index >= 15 is 0 Å². The quantitative estimate of drug-likeness (QED) is 0.767. The summed E-state index contributed by atoms with van der Waals surface area (Å²) in [6.07, 6.45) is 4.05. The molecule has 0 radical (unpaired) electrons. The van der Waals surface area contributed by atoms with E-state index in [0.717, 1.165) is 12.8 Å². The van der Waals surface area contributed by atoms with Gasteiger partial charge in [-0.15, -0.1) is 0 Å². The van der Waals surface area contributed by atoms with Gasteiger partial charge in [-0.3, -0.25) is 4.79 Å². The first-order valence-corrected chi connectivity index (χ1v) is 8.11. The minimum absolute atomic E-state index is 0.201. The number of anilines is 1. The SMILES string of the molecule is O=C(Nc1ccc(Cl)cc1)c1cccn1Cc1noc(C2CC2)n1. The van der Waals surface area contributed by atoms with Crippen molar-refractivity contribution in [3.8, 4) is 0 Å². The Morgan fingerprint density at radius 2 is 2.08 bits per heavy atom. The number of rotatable bonds is 5. The zero-order valence-corrected chi connectivity index (χ0v) is 13.5. The second-order valence-corrected chi connectivity index (χ2v) is 6.24. The molecule has 1 aliphatic carbocycles. The maximum absolute atomic E-state index is 12.5. The monoisotopic (exact) mass is 342 g/mol. The molecule has 0 atom stereocenters. The van der Waals surface area contributed by atoms with Crippen LogP contribution in [0.2, 0.25) is 5.02 Å². The molecule has 0 bridgehead atoms. The van der Waals surface area contributed by atoms with Crippen molar-refractivity contribution in [3.05, 3.63) is 65.0 Å². The van der Waals surface area contributed by atoms with Gasteiger partial charge in [0.05, 0.1) is 6.54 Å². The number of amides is 1. The molecule has 7 heteroatoms. The summed E-state index contributed by atoms with van der Waals surface area (Å²) in [7, 11) is 0. The average Bonchev–Trinajstić information content (AvgIpc) is 3.14. The van der Waals surface area contributed by atoms with Crippen LogP contribution in [0.4, 0.5) is 5.69 Å². The molecule has 1 aliphatic rings. The smallest absolute Gasteiger partial charge is 0.272 e. The minimum atomic E-state index is -0.201.